The molecule has 0 aromatic heterocycles. The number of carbonyl (C=O) groups is 2. The van der Waals surface area contributed by atoms with Crippen LogP contribution >= 0.6 is 11.6 Å². The zero-order valence-electron chi connectivity index (χ0n) is 15.2. The largest absolute Gasteiger partial charge is 0.331 e. The number of amides is 3. The van der Waals surface area contributed by atoms with Gasteiger partial charge in [0.05, 0.1) is 18.3 Å². The monoisotopic (exact) mass is 413 g/mol. The highest BCUT2D eigenvalue weighted by Gasteiger charge is 2.19. The Hall–Kier alpha value is -2.74. The van der Waals surface area contributed by atoms with E-state index in [1.165, 1.54) is 0 Å². The van der Waals surface area contributed by atoms with E-state index < -0.39 is 41.6 Å². The predicted molar refractivity (Wildman–Crippen MR) is 101 cm³/mol. The van der Waals surface area contributed by atoms with Crippen molar-refractivity contribution in [3.05, 3.63) is 64.4 Å². The summed E-state index contributed by atoms with van der Waals surface area (Å²) in [7, 11) is 0. The lowest BCUT2D eigenvalue weighted by Gasteiger charge is -2.23. The van der Waals surface area contributed by atoms with Crippen molar-refractivity contribution in [1.82, 2.24) is 10.6 Å². The molecule has 2 aromatic rings. The molecule has 0 spiro atoms. The van der Waals surface area contributed by atoms with Gasteiger partial charge in [0.15, 0.2) is 17.5 Å². The minimum atomic E-state index is -1.69. The van der Waals surface area contributed by atoms with Crippen LogP contribution in [0.5, 0.6) is 0 Å². The van der Waals surface area contributed by atoms with E-state index in [0.29, 0.717) is 11.1 Å². The zero-order chi connectivity index (χ0) is 20.8. The third-order valence-electron chi connectivity index (χ3n) is 3.90. The van der Waals surface area contributed by atoms with Gasteiger partial charge >= 0.3 is 6.03 Å². The average molecular weight is 414 g/mol. The fraction of sp³-hybridized carbons (Fsp3) is 0.263. The van der Waals surface area contributed by atoms with E-state index in [0.717, 1.165) is 11.6 Å². The highest BCUT2D eigenvalue weighted by molar-refractivity contribution is 6.30. The first-order chi connectivity index (χ1) is 13.2. The topological polar surface area (TPSA) is 70.2 Å². The molecule has 0 bridgehead atoms. The Labute approximate surface area is 165 Å². The maximum absolute atomic E-state index is 13.6. The van der Waals surface area contributed by atoms with Gasteiger partial charge < -0.3 is 16.0 Å². The van der Waals surface area contributed by atoms with Crippen LogP contribution in [0.4, 0.5) is 23.7 Å². The number of urea groups is 1. The lowest BCUT2D eigenvalue weighted by atomic mass is 9.96. The minimum absolute atomic E-state index is 0.0528. The smallest absolute Gasteiger partial charge is 0.315 e. The first-order valence-electron chi connectivity index (χ1n) is 8.42. The summed E-state index contributed by atoms with van der Waals surface area (Å²) in [6.45, 7) is 3.34. The molecule has 0 heterocycles. The van der Waals surface area contributed by atoms with E-state index in [4.69, 9.17) is 11.6 Å². The van der Waals surface area contributed by atoms with Gasteiger partial charge in [-0.25, -0.2) is 18.0 Å². The maximum atomic E-state index is 13.6. The molecule has 9 heteroatoms. The van der Waals surface area contributed by atoms with Gasteiger partial charge in [-0.15, -0.1) is 0 Å². The summed E-state index contributed by atoms with van der Waals surface area (Å²) in [5, 5.41) is 7.72. The molecule has 0 saturated heterocycles. The first-order valence-corrected chi connectivity index (χ1v) is 8.80. The van der Waals surface area contributed by atoms with Gasteiger partial charge in [0.1, 0.15) is 0 Å². The van der Waals surface area contributed by atoms with Crippen LogP contribution in [0, 0.1) is 23.4 Å². The molecule has 0 aliphatic rings. The van der Waals surface area contributed by atoms with Crippen molar-refractivity contribution in [3.8, 4) is 0 Å². The summed E-state index contributed by atoms with van der Waals surface area (Å²) < 4.78 is 39.6. The minimum Gasteiger partial charge on any atom is -0.331 e. The van der Waals surface area contributed by atoms with Crippen molar-refractivity contribution in [3.63, 3.8) is 0 Å². The number of halogens is 4. The Kier molecular flexibility index (Phi) is 7.28. The summed E-state index contributed by atoms with van der Waals surface area (Å²) in [6, 6.07) is 7.61. The molecule has 1 atom stereocenters. The van der Waals surface area contributed by atoms with Crippen molar-refractivity contribution in [2.75, 3.05) is 11.9 Å². The summed E-state index contributed by atoms with van der Waals surface area (Å²) >= 11 is 5.87. The molecule has 0 saturated carbocycles. The first kappa shape index (κ1) is 21.6. The zero-order valence-corrected chi connectivity index (χ0v) is 15.9. The molecule has 28 heavy (non-hydrogen) atoms. The van der Waals surface area contributed by atoms with E-state index in [1.54, 1.807) is 24.3 Å². The number of benzene rings is 2. The van der Waals surface area contributed by atoms with Crippen molar-refractivity contribution < 1.29 is 22.8 Å². The van der Waals surface area contributed by atoms with Crippen LogP contribution in [0.15, 0.2) is 36.4 Å². The molecular weight excluding hydrogens is 395 g/mol. The predicted octanol–water partition coefficient (Wildman–Crippen LogP) is 4.39. The number of hydrogen-bond donors (Lipinski definition) is 3. The van der Waals surface area contributed by atoms with Crippen LogP contribution in [-0.2, 0) is 4.79 Å². The molecule has 0 fully saturated rings. The lowest BCUT2D eigenvalue weighted by molar-refractivity contribution is -0.115. The van der Waals surface area contributed by atoms with Gasteiger partial charge in [-0.2, -0.15) is 0 Å². The molecular formula is C19H19ClF3N3O2. The molecule has 150 valence electrons. The quantitative estimate of drug-likeness (QED) is 0.614. The fourth-order valence-corrected chi connectivity index (χ4v) is 2.60. The maximum Gasteiger partial charge on any atom is 0.315 e. The normalized spacial score (nSPS) is 11.8. The third kappa shape index (κ3) is 5.63. The molecule has 2 rings (SSSR count). The second kappa shape index (κ2) is 9.45. The molecule has 1 unspecified atom stereocenters. The Bertz CT molecular complexity index is 860. The average Bonchev–Trinajstić information content (AvgIpc) is 2.65. The molecule has 2 aromatic carbocycles. The fourth-order valence-electron chi connectivity index (χ4n) is 2.47. The highest BCUT2D eigenvalue weighted by Crippen LogP contribution is 2.23. The molecule has 0 aliphatic carbocycles. The second-order valence-electron chi connectivity index (χ2n) is 6.37. The summed E-state index contributed by atoms with van der Waals surface area (Å²) in [4.78, 5) is 24.0. The number of hydrogen-bond acceptors (Lipinski definition) is 2. The van der Waals surface area contributed by atoms with E-state index in [-0.39, 0.29) is 12.0 Å². The molecule has 5 nitrogen and oxygen atoms in total. The number of rotatable bonds is 6. The Morgan fingerprint density at radius 2 is 1.64 bits per heavy atom. The second-order valence-corrected chi connectivity index (χ2v) is 6.81. The van der Waals surface area contributed by atoms with E-state index in [1.807, 2.05) is 13.8 Å². The van der Waals surface area contributed by atoms with E-state index in [2.05, 4.69) is 16.0 Å². The van der Waals surface area contributed by atoms with Gasteiger partial charge in [-0.1, -0.05) is 37.6 Å². The van der Waals surface area contributed by atoms with E-state index >= 15 is 0 Å². The molecule has 0 radical (unpaired) electrons. The van der Waals surface area contributed by atoms with Crippen LogP contribution in [0.1, 0.15) is 25.5 Å². The van der Waals surface area contributed by atoms with Crippen LogP contribution in [0.25, 0.3) is 0 Å². The highest BCUT2D eigenvalue weighted by atomic mass is 35.5. The SMILES string of the molecule is CC(C)C(NC(=O)NCC(=O)Nc1ccc(F)c(F)c1F)c1ccc(Cl)cc1. The van der Waals surface area contributed by atoms with Crippen LogP contribution < -0.4 is 16.0 Å². The van der Waals surface area contributed by atoms with E-state index in [9.17, 15) is 22.8 Å². The standard InChI is InChI=1S/C19H19ClF3N3O2/c1-10(2)18(11-3-5-12(20)6-4-11)26-19(28)24-9-15(27)25-14-8-7-13(21)16(22)17(14)23/h3-8,10,18H,9H2,1-2H3,(H,25,27)(H2,24,26,28). The van der Waals surface area contributed by atoms with Crippen molar-refractivity contribution >= 4 is 29.2 Å². The van der Waals surface area contributed by atoms with Gasteiger partial charge in [0.2, 0.25) is 5.91 Å². The summed E-state index contributed by atoms with van der Waals surface area (Å²) in [6.07, 6.45) is 0. The van der Waals surface area contributed by atoms with Crippen LogP contribution in [0.2, 0.25) is 5.02 Å². The molecule has 3 N–H and O–H groups in total. The number of anilines is 1. The van der Waals surface area contributed by atoms with Crippen molar-refractivity contribution in [1.29, 1.82) is 0 Å². The molecule has 0 aliphatic heterocycles. The van der Waals surface area contributed by atoms with Gasteiger partial charge in [-0.3, -0.25) is 4.79 Å². The van der Waals surface area contributed by atoms with Crippen LogP contribution in [0.3, 0.4) is 0 Å². The van der Waals surface area contributed by atoms with Gasteiger partial charge in [-0.05, 0) is 35.7 Å². The summed E-state index contributed by atoms with van der Waals surface area (Å²) in [5.74, 6) is -5.31. The number of carbonyl (C=O) groups excluding carboxylic acids is 2. The Morgan fingerprint density at radius 1 is 1.00 bits per heavy atom. The summed E-state index contributed by atoms with van der Waals surface area (Å²) in [5.41, 5.74) is 0.315. The Morgan fingerprint density at radius 3 is 2.25 bits per heavy atom. The van der Waals surface area contributed by atoms with Gasteiger partial charge in [0, 0.05) is 5.02 Å². The Balaban J connectivity index is 1.92. The van der Waals surface area contributed by atoms with Crippen molar-refractivity contribution in [2.45, 2.75) is 19.9 Å². The van der Waals surface area contributed by atoms with Crippen LogP contribution in [-0.4, -0.2) is 18.5 Å². The number of nitrogens with one attached hydrogen (secondary N) is 3. The molecule has 3 amide bonds. The van der Waals surface area contributed by atoms with Gasteiger partial charge in [0.25, 0.3) is 0 Å². The van der Waals surface area contributed by atoms with Crippen molar-refractivity contribution in [2.24, 2.45) is 5.92 Å². The lowest BCUT2D eigenvalue weighted by Crippen LogP contribution is -2.42. The third-order valence-corrected chi connectivity index (χ3v) is 4.15.